The van der Waals surface area contributed by atoms with E-state index in [1.165, 1.54) is 11.6 Å². The molecule has 4 rings (SSSR count). The van der Waals surface area contributed by atoms with Crippen LogP contribution in [0.5, 0.6) is 0 Å². The number of hydrogen-bond acceptors (Lipinski definition) is 4. The van der Waals surface area contributed by atoms with Crippen molar-refractivity contribution in [3.05, 3.63) is 124 Å². The quantitative estimate of drug-likeness (QED) is 0.387. The zero-order valence-corrected chi connectivity index (χ0v) is 20.5. The maximum atomic E-state index is 13.7. The summed E-state index contributed by atoms with van der Waals surface area (Å²) in [4.78, 5) is 9.71. The average molecular weight is 470 g/mol. The molecule has 0 saturated heterocycles. The molecule has 34 heavy (non-hydrogen) atoms. The SMILES string of the molecule is CC/C(C)=C(/N=C1/SC=C(c2ccccc2)/C1=C(/C)NCc1cccc(F)c1)c1ccccn1. The maximum absolute atomic E-state index is 13.7. The lowest BCUT2D eigenvalue weighted by molar-refractivity contribution is 0.624. The number of halogens is 1. The summed E-state index contributed by atoms with van der Waals surface area (Å²) >= 11 is 1.62. The third kappa shape index (κ3) is 5.54. The molecule has 0 radical (unpaired) electrons. The normalized spacial score (nSPS) is 16.8. The standard InChI is InChI=1S/C29H28FN3S/c1-4-20(2)28(26-15-8-9-16-31-26)33-29-27(25(19-34-29)23-12-6-5-7-13-23)21(3)32-18-22-11-10-14-24(30)17-22/h5-17,19,32H,4,18H2,1-3H3/b27-21+,28-20+,33-29+. The van der Waals surface area contributed by atoms with Crippen molar-refractivity contribution >= 4 is 28.1 Å². The summed E-state index contributed by atoms with van der Waals surface area (Å²) in [6.07, 6.45) is 2.69. The highest BCUT2D eigenvalue weighted by Gasteiger charge is 2.24. The van der Waals surface area contributed by atoms with Gasteiger partial charge < -0.3 is 5.32 Å². The van der Waals surface area contributed by atoms with Gasteiger partial charge in [-0.15, -0.1) is 0 Å². The molecule has 3 aromatic rings. The van der Waals surface area contributed by atoms with Gasteiger partial charge in [0.2, 0.25) is 0 Å². The topological polar surface area (TPSA) is 37.3 Å². The Morgan fingerprint density at radius 3 is 2.50 bits per heavy atom. The number of nitrogens with zero attached hydrogens (tertiary/aromatic N) is 2. The Bertz CT molecular complexity index is 1270. The number of thioether (sulfide) groups is 1. The van der Waals surface area contributed by atoms with E-state index in [2.05, 4.69) is 48.6 Å². The third-order valence-electron chi connectivity index (χ3n) is 5.73. The van der Waals surface area contributed by atoms with Gasteiger partial charge in [0.25, 0.3) is 0 Å². The highest BCUT2D eigenvalue weighted by molar-refractivity contribution is 8.17. The summed E-state index contributed by atoms with van der Waals surface area (Å²) in [5, 5.41) is 6.59. The fourth-order valence-corrected chi connectivity index (χ4v) is 4.74. The first-order valence-corrected chi connectivity index (χ1v) is 12.3. The van der Waals surface area contributed by atoms with E-state index in [4.69, 9.17) is 4.99 Å². The van der Waals surface area contributed by atoms with Crippen molar-refractivity contribution in [3.8, 4) is 0 Å². The molecule has 1 N–H and O–H groups in total. The summed E-state index contributed by atoms with van der Waals surface area (Å²) in [5.74, 6) is -0.228. The Morgan fingerprint density at radius 2 is 1.79 bits per heavy atom. The van der Waals surface area contributed by atoms with E-state index in [1.54, 1.807) is 30.1 Å². The average Bonchev–Trinajstić information content (AvgIpc) is 3.30. The highest BCUT2D eigenvalue weighted by atomic mass is 32.2. The minimum absolute atomic E-state index is 0.228. The molecule has 1 aliphatic rings. The molecule has 5 heteroatoms. The number of nitrogens with one attached hydrogen (secondary N) is 1. The number of aliphatic imine (C=N–C) groups is 1. The number of allylic oxidation sites excluding steroid dienone is 3. The van der Waals surface area contributed by atoms with E-state index in [0.717, 1.165) is 50.8 Å². The molecule has 0 amide bonds. The van der Waals surface area contributed by atoms with Gasteiger partial charge in [-0.2, -0.15) is 0 Å². The van der Waals surface area contributed by atoms with E-state index >= 15 is 0 Å². The Labute approximate surface area is 205 Å². The predicted octanol–water partition coefficient (Wildman–Crippen LogP) is 7.61. The van der Waals surface area contributed by atoms with Crippen LogP contribution in [0.1, 0.15) is 44.0 Å². The van der Waals surface area contributed by atoms with E-state index in [1.807, 2.05) is 42.5 Å². The fraction of sp³-hybridized carbons (Fsp3) is 0.172. The lowest BCUT2D eigenvalue weighted by Gasteiger charge is -2.15. The van der Waals surface area contributed by atoms with E-state index in [-0.39, 0.29) is 5.82 Å². The molecule has 0 fully saturated rings. The van der Waals surface area contributed by atoms with Crippen molar-refractivity contribution in [1.82, 2.24) is 10.3 Å². The van der Waals surface area contributed by atoms with Gasteiger partial charge in [-0.05, 0) is 66.6 Å². The predicted molar refractivity (Wildman–Crippen MR) is 143 cm³/mol. The van der Waals surface area contributed by atoms with Gasteiger partial charge in [-0.3, -0.25) is 4.98 Å². The van der Waals surface area contributed by atoms with Crippen LogP contribution in [0.25, 0.3) is 11.3 Å². The Kier molecular flexibility index (Phi) is 7.76. The lowest BCUT2D eigenvalue weighted by atomic mass is 9.98. The smallest absolute Gasteiger partial charge is 0.123 e. The first-order chi connectivity index (χ1) is 16.6. The van der Waals surface area contributed by atoms with Gasteiger partial charge in [-0.1, -0.05) is 67.2 Å². The van der Waals surface area contributed by atoms with Crippen LogP contribution in [0.3, 0.4) is 0 Å². The van der Waals surface area contributed by atoms with Gasteiger partial charge in [0.1, 0.15) is 10.9 Å². The van der Waals surface area contributed by atoms with Crippen LogP contribution in [0.4, 0.5) is 4.39 Å². The van der Waals surface area contributed by atoms with Gasteiger partial charge in [-0.25, -0.2) is 9.38 Å². The molecule has 3 nitrogen and oxygen atoms in total. The second kappa shape index (κ2) is 11.1. The summed E-state index contributed by atoms with van der Waals surface area (Å²) in [6.45, 7) is 6.84. The molecule has 2 aromatic carbocycles. The van der Waals surface area contributed by atoms with Crippen LogP contribution < -0.4 is 5.32 Å². The molecule has 172 valence electrons. The molecule has 0 bridgehead atoms. The molecular formula is C29H28FN3S. The molecule has 1 aromatic heterocycles. The van der Waals surface area contributed by atoms with Crippen molar-refractivity contribution in [2.24, 2.45) is 4.99 Å². The van der Waals surface area contributed by atoms with Crippen LogP contribution in [0.15, 0.2) is 106 Å². The molecular weight excluding hydrogens is 441 g/mol. The largest absolute Gasteiger partial charge is 0.384 e. The van der Waals surface area contributed by atoms with Gasteiger partial charge in [0.15, 0.2) is 0 Å². The third-order valence-corrected chi connectivity index (χ3v) is 6.61. The zero-order valence-electron chi connectivity index (χ0n) is 19.7. The Hall–Kier alpha value is -3.44. The first kappa shape index (κ1) is 23.7. The van der Waals surface area contributed by atoms with Gasteiger partial charge in [0, 0.05) is 29.6 Å². The number of pyridine rings is 1. The van der Waals surface area contributed by atoms with E-state index < -0.39 is 0 Å². The van der Waals surface area contributed by atoms with Crippen LogP contribution in [-0.2, 0) is 6.54 Å². The van der Waals surface area contributed by atoms with Crippen LogP contribution in [-0.4, -0.2) is 10.0 Å². The zero-order chi connectivity index (χ0) is 23.9. The van der Waals surface area contributed by atoms with Crippen molar-refractivity contribution < 1.29 is 4.39 Å². The van der Waals surface area contributed by atoms with Crippen molar-refractivity contribution in [2.75, 3.05) is 0 Å². The number of aromatic nitrogens is 1. The number of benzene rings is 2. The minimum atomic E-state index is -0.228. The van der Waals surface area contributed by atoms with Crippen molar-refractivity contribution in [2.45, 2.75) is 33.7 Å². The summed E-state index contributed by atoms with van der Waals surface area (Å²) < 4.78 is 13.7. The number of hydrogen-bond donors (Lipinski definition) is 1. The van der Waals surface area contributed by atoms with E-state index in [0.29, 0.717) is 6.54 Å². The Morgan fingerprint density at radius 1 is 1.00 bits per heavy atom. The summed E-state index contributed by atoms with van der Waals surface area (Å²) in [6, 6.07) is 22.9. The first-order valence-electron chi connectivity index (χ1n) is 11.4. The second-order valence-corrected chi connectivity index (χ2v) is 8.97. The van der Waals surface area contributed by atoms with Crippen LogP contribution in [0, 0.1) is 5.82 Å². The lowest BCUT2D eigenvalue weighted by Crippen LogP contribution is -2.15. The molecule has 1 aliphatic heterocycles. The van der Waals surface area contributed by atoms with Crippen molar-refractivity contribution in [1.29, 1.82) is 0 Å². The summed E-state index contributed by atoms with van der Waals surface area (Å²) in [5.41, 5.74) is 8.18. The van der Waals surface area contributed by atoms with Gasteiger partial charge >= 0.3 is 0 Å². The van der Waals surface area contributed by atoms with Crippen molar-refractivity contribution in [3.63, 3.8) is 0 Å². The molecule has 0 unspecified atom stereocenters. The molecule has 0 saturated carbocycles. The molecule has 0 atom stereocenters. The monoisotopic (exact) mass is 469 g/mol. The molecule has 2 heterocycles. The Balaban J connectivity index is 1.76. The van der Waals surface area contributed by atoms with Gasteiger partial charge in [0.05, 0.1) is 11.4 Å². The van der Waals surface area contributed by atoms with E-state index in [9.17, 15) is 4.39 Å². The number of rotatable bonds is 7. The fourth-order valence-electron chi connectivity index (χ4n) is 3.74. The van der Waals surface area contributed by atoms with Crippen LogP contribution in [0.2, 0.25) is 0 Å². The molecule has 0 aliphatic carbocycles. The second-order valence-electron chi connectivity index (χ2n) is 8.11. The maximum Gasteiger partial charge on any atom is 0.123 e. The molecule has 0 spiro atoms. The van der Waals surface area contributed by atoms with Crippen LogP contribution >= 0.6 is 11.8 Å². The highest BCUT2D eigenvalue weighted by Crippen LogP contribution is 2.40. The minimum Gasteiger partial charge on any atom is -0.384 e. The summed E-state index contributed by atoms with van der Waals surface area (Å²) in [7, 11) is 0.